The van der Waals surface area contributed by atoms with Gasteiger partial charge < -0.3 is 4.74 Å². The summed E-state index contributed by atoms with van der Waals surface area (Å²) in [6.45, 7) is 4.41. The van der Waals surface area contributed by atoms with Crippen molar-refractivity contribution in [3.05, 3.63) is 102 Å². The number of halogens is 3. The number of ether oxygens (including phenoxy) is 1. The third-order valence-corrected chi connectivity index (χ3v) is 6.21. The van der Waals surface area contributed by atoms with Crippen LogP contribution in [0.15, 0.2) is 69.0 Å². The molecule has 0 amide bonds. The summed E-state index contributed by atoms with van der Waals surface area (Å²) in [5.41, 5.74) is 3.22. The second-order valence-corrected chi connectivity index (χ2v) is 9.62. The second kappa shape index (κ2) is 10.7. The molecule has 0 aliphatic carbocycles. The number of aryl methyl sites for hydroxylation is 2. The Bertz CT molecular complexity index is 1430. The minimum absolute atomic E-state index is 0.235. The highest BCUT2D eigenvalue weighted by Gasteiger charge is 2.12. The van der Waals surface area contributed by atoms with Crippen molar-refractivity contribution in [2.24, 2.45) is 5.10 Å². The van der Waals surface area contributed by atoms with Crippen LogP contribution in [0.3, 0.4) is 0 Å². The molecule has 5 nitrogen and oxygen atoms in total. The van der Waals surface area contributed by atoms with Gasteiger partial charge in [-0.15, -0.1) is 0 Å². The first-order valence-corrected chi connectivity index (χ1v) is 12.3. The molecule has 0 saturated heterocycles. The average Bonchev–Trinajstić information content (AvgIpc) is 2.79. The van der Waals surface area contributed by atoms with Crippen LogP contribution in [-0.4, -0.2) is 15.9 Å². The van der Waals surface area contributed by atoms with Gasteiger partial charge in [0.05, 0.1) is 27.2 Å². The van der Waals surface area contributed by atoms with E-state index >= 15 is 0 Å². The van der Waals surface area contributed by atoms with Crippen molar-refractivity contribution in [1.82, 2.24) is 9.66 Å². The number of aromatic nitrogens is 2. The van der Waals surface area contributed by atoms with Gasteiger partial charge in [0.25, 0.3) is 5.56 Å². The van der Waals surface area contributed by atoms with Crippen LogP contribution in [0, 0.1) is 6.92 Å². The first kappa shape index (κ1) is 24.5. The lowest BCUT2D eigenvalue weighted by molar-refractivity contribution is 0.306. The van der Waals surface area contributed by atoms with Crippen LogP contribution in [0.1, 0.15) is 35.9 Å². The molecule has 4 rings (SSSR count). The van der Waals surface area contributed by atoms with Gasteiger partial charge in [-0.2, -0.15) is 9.78 Å². The van der Waals surface area contributed by atoms with Crippen LogP contribution in [0.2, 0.25) is 10.0 Å². The van der Waals surface area contributed by atoms with E-state index in [1.54, 1.807) is 24.4 Å². The third kappa shape index (κ3) is 5.52. The Morgan fingerprint density at radius 2 is 1.88 bits per heavy atom. The summed E-state index contributed by atoms with van der Waals surface area (Å²) in [6, 6.07) is 16.9. The molecule has 4 aromatic rings. The van der Waals surface area contributed by atoms with Crippen molar-refractivity contribution >= 4 is 56.2 Å². The predicted molar refractivity (Wildman–Crippen MR) is 143 cm³/mol. The normalized spacial score (nSPS) is 11.4. The molecular weight excluding hydrogens is 537 g/mol. The average molecular weight is 559 g/mol. The van der Waals surface area contributed by atoms with Crippen molar-refractivity contribution in [1.29, 1.82) is 0 Å². The molecule has 0 fully saturated rings. The Morgan fingerprint density at radius 1 is 1.12 bits per heavy atom. The minimum Gasteiger partial charge on any atom is -0.486 e. The summed E-state index contributed by atoms with van der Waals surface area (Å²) in [6.07, 6.45) is 2.99. The quantitative estimate of drug-likeness (QED) is 0.225. The van der Waals surface area contributed by atoms with E-state index in [1.807, 2.05) is 50.2 Å². The van der Waals surface area contributed by atoms with Crippen LogP contribution < -0.4 is 10.3 Å². The molecular formula is C26H22BrCl2N3O2. The maximum Gasteiger partial charge on any atom is 0.282 e. The zero-order chi connectivity index (χ0) is 24.2. The van der Waals surface area contributed by atoms with Crippen molar-refractivity contribution < 1.29 is 4.74 Å². The van der Waals surface area contributed by atoms with Crippen LogP contribution in [0.25, 0.3) is 10.9 Å². The molecule has 174 valence electrons. The molecule has 0 unspecified atom stereocenters. The number of fused-ring (bicyclic) bond motifs is 1. The summed E-state index contributed by atoms with van der Waals surface area (Å²) >= 11 is 16.3. The topological polar surface area (TPSA) is 56.5 Å². The molecule has 1 heterocycles. The second-order valence-electron chi connectivity index (χ2n) is 7.89. The summed E-state index contributed by atoms with van der Waals surface area (Å²) in [7, 11) is 0. The van der Waals surface area contributed by atoms with Crippen LogP contribution in [-0.2, 0) is 13.0 Å². The van der Waals surface area contributed by atoms with E-state index in [4.69, 9.17) is 27.9 Å². The van der Waals surface area contributed by atoms with Gasteiger partial charge in [-0.25, -0.2) is 4.98 Å². The van der Waals surface area contributed by atoms with E-state index in [1.165, 1.54) is 4.68 Å². The summed E-state index contributed by atoms with van der Waals surface area (Å²) in [4.78, 5) is 17.8. The molecule has 0 aliphatic heterocycles. The maximum atomic E-state index is 13.1. The van der Waals surface area contributed by atoms with Gasteiger partial charge in [-0.1, -0.05) is 75.9 Å². The molecule has 0 bridgehead atoms. The molecule has 0 aliphatic rings. The summed E-state index contributed by atoms with van der Waals surface area (Å²) in [5, 5.41) is 5.65. The predicted octanol–water partition coefficient (Wildman–Crippen LogP) is 7.19. The number of hydrogen-bond donors (Lipinski definition) is 0. The lowest BCUT2D eigenvalue weighted by Gasteiger charge is -2.12. The van der Waals surface area contributed by atoms with Crippen molar-refractivity contribution in [3.8, 4) is 5.75 Å². The van der Waals surface area contributed by atoms with Gasteiger partial charge in [0.2, 0.25) is 0 Å². The Kier molecular flexibility index (Phi) is 7.71. The van der Waals surface area contributed by atoms with Gasteiger partial charge in [0.1, 0.15) is 12.4 Å². The molecule has 0 atom stereocenters. The Labute approximate surface area is 216 Å². The van der Waals surface area contributed by atoms with Crippen molar-refractivity contribution in [3.63, 3.8) is 0 Å². The Hall–Kier alpha value is -2.67. The monoisotopic (exact) mass is 557 g/mol. The SMILES string of the molecule is CCCc1nc2ccc(Br)cc2c(=O)n1N=Cc1cc(Cl)c(OCc2cccc(C)c2)c(Cl)c1. The van der Waals surface area contributed by atoms with Gasteiger partial charge >= 0.3 is 0 Å². The minimum atomic E-state index is -0.235. The highest BCUT2D eigenvalue weighted by Crippen LogP contribution is 2.34. The van der Waals surface area contributed by atoms with Crippen LogP contribution in [0.5, 0.6) is 5.75 Å². The van der Waals surface area contributed by atoms with Crippen molar-refractivity contribution in [2.75, 3.05) is 0 Å². The first-order chi connectivity index (χ1) is 16.4. The third-order valence-electron chi connectivity index (χ3n) is 5.16. The fourth-order valence-corrected chi connectivity index (χ4v) is 4.55. The molecule has 0 N–H and O–H groups in total. The summed E-state index contributed by atoms with van der Waals surface area (Å²) in [5.74, 6) is 0.997. The molecule has 1 aromatic heterocycles. The fraction of sp³-hybridized carbons (Fsp3) is 0.192. The lowest BCUT2D eigenvalue weighted by atomic mass is 10.1. The smallest absolute Gasteiger partial charge is 0.282 e. The lowest BCUT2D eigenvalue weighted by Crippen LogP contribution is -2.22. The molecule has 0 saturated carbocycles. The number of nitrogens with zero attached hydrogens (tertiary/aromatic N) is 3. The number of hydrogen-bond acceptors (Lipinski definition) is 4. The molecule has 3 aromatic carbocycles. The maximum absolute atomic E-state index is 13.1. The molecule has 0 radical (unpaired) electrons. The highest BCUT2D eigenvalue weighted by atomic mass is 79.9. The van der Waals surface area contributed by atoms with E-state index in [2.05, 4.69) is 26.0 Å². The van der Waals surface area contributed by atoms with E-state index in [0.717, 1.165) is 22.0 Å². The standard InChI is InChI=1S/C26H22BrCl2N3O2/c1-3-5-24-31-23-9-8-19(27)13-20(23)26(33)32(24)30-14-18-11-21(28)25(22(29)12-18)34-15-17-7-4-6-16(2)10-17/h4,6-14H,3,5,15H2,1-2H3. The molecule has 0 spiro atoms. The molecule has 8 heteroatoms. The Balaban J connectivity index is 1.64. The zero-order valence-electron chi connectivity index (χ0n) is 18.7. The molecule has 34 heavy (non-hydrogen) atoms. The number of rotatable bonds is 7. The zero-order valence-corrected chi connectivity index (χ0v) is 21.8. The number of benzene rings is 3. The van der Waals surface area contributed by atoms with E-state index in [-0.39, 0.29) is 5.56 Å². The van der Waals surface area contributed by atoms with E-state index < -0.39 is 0 Å². The van der Waals surface area contributed by atoms with E-state index in [9.17, 15) is 4.79 Å². The van der Waals surface area contributed by atoms with Crippen LogP contribution >= 0.6 is 39.1 Å². The van der Waals surface area contributed by atoms with Gasteiger partial charge in [0.15, 0.2) is 5.75 Å². The first-order valence-electron chi connectivity index (χ1n) is 10.8. The largest absolute Gasteiger partial charge is 0.486 e. The Morgan fingerprint density at radius 3 is 2.59 bits per heavy atom. The van der Waals surface area contributed by atoms with Crippen molar-refractivity contribution in [2.45, 2.75) is 33.3 Å². The van der Waals surface area contributed by atoms with Gasteiger partial charge in [0, 0.05) is 10.9 Å². The van der Waals surface area contributed by atoms with Gasteiger partial charge in [-0.3, -0.25) is 4.79 Å². The van der Waals surface area contributed by atoms with Gasteiger partial charge in [-0.05, 0) is 54.8 Å². The fourth-order valence-electron chi connectivity index (χ4n) is 3.57. The van der Waals surface area contributed by atoms with E-state index in [0.29, 0.717) is 51.1 Å². The van der Waals surface area contributed by atoms with Crippen LogP contribution in [0.4, 0.5) is 0 Å². The highest BCUT2D eigenvalue weighted by molar-refractivity contribution is 9.10. The summed E-state index contributed by atoms with van der Waals surface area (Å²) < 4.78 is 8.02.